The van der Waals surface area contributed by atoms with Crippen molar-refractivity contribution in [1.82, 2.24) is 0 Å². The van der Waals surface area contributed by atoms with Gasteiger partial charge < -0.3 is 4.74 Å². The van der Waals surface area contributed by atoms with Gasteiger partial charge in [0.1, 0.15) is 6.10 Å². The topological polar surface area (TPSA) is 43.4 Å². The minimum Gasteiger partial charge on any atom is -0.462 e. The number of benzene rings is 1. The number of ether oxygens (including phenoxy) is 1. The molecule has 3 nitrogen and oxygen atoms in total. The molecule has 0 amide bonds. The van der Waals surface area contributed by atoms with Crippen LogP contribution in [0.25, 0.3) is 0 Å². The van der Waals surface area contributed by atoms with Gasteiger partial charge in [-0.05, 0) is 78.7 Å². The van der Waals surface area contributed by atoms with Crippen LogP contribution in [0.2, 0.25) is 0 Å². The second kappa shape index (κ2) is 7.85. The molecule has 0 N–H and O–H groups in total. The van der Waals surface area contributed by atoms with Gasteiger partial charge in [-0.2, -0.15) is 0 Å². The smallest absolute Gasteiger partial charge is 0.310 e. The number of esters is 1. The number of fused-ring (bicyclic) bond motifs is 5. The Hall–Kier alpha value is -1.90. The summed E-state index contributed by atoms with van der Waals surface area (Å²) in [5.74, 6) is 3.26. The SMILES string of the molecule is CC1CC2=CC(=O)CC[C@]2(C)C2C(C)C[C@@]3(C)C(CC[C@@H]3OC(=O)Cc3ccccc3)C12. The van der Waals surface area contributed by atoms with Gasteiger partial charge >= 0.3 is 5.97 Å². The largest absolute Gasteiger partial charge is 0.462 e. The third-order valence-corrected chi connectivity index (χ3v) is 9.94. The number of carbonyl (C=O) groups excluding carboxylic acids is 2. The van der Waals surface area contributed by atoms with Crippen molar-refractivity contribution in [1.29, 1.82) is 0 Å². The molecule has 4 aliphatic carbocycles. The van der Waals surface area contributed by atoms with Crippen LogP contribution < -0.4 is 0 Å². The summed E-state index contributed by atoms with van der Waals surface area (Å²) in [4.78, 5) is 25.0. The lowest BCUT2D eigenvalue weighted by Gasteiger charge is -2.62. The third-order valence-electron chi connectivity index (χ3n) is 9.94. The molecule has 3 saturated carbocycles. The van der Waals surface area contributed by atoms with E-state index in [1.54, 1.807) is 0 Å². The molecule has 0 spiro atoms. The van der Waals surface area contributed by atoms with Gasteiger partial charge in [0.15, 0.2) is 5.78 Å². The molecule has 32 heavy (non-hydrogen) atoms. The van der Waals surface area contributed by atoms with Gasteiger partial charge in [-0.15, -0.1) is 0 Å². The summed E-state index contributed by atoms with van der Waals surface area (Å²) in [6, 6.07) is 9.93. The molecule has 1 aromatic rings. The fourth-order valence-corrected chi connectivity index (χ4v) is 8.68. The molecule has 0 heterocycles. The van der Waals surface area contributed by atoms with Crippen molar-refractivity contribution in [2.45, 2.75) is 78.7 Å². The predicted molar refractivity (Wildman–Crippen MR) is 126 cm³/mol. The quantitative estimate of drug-likeness (QED) is 0.535. The molecule has 5 rings (SSSR count). The molecule has 0 bridgehead atoms. The zero-order valence-electron chi connectivity index (χ0n) is 20.1. The maximum absolute atomic E-state index is 12.8. The highest BCUT2D eigenvalue weighted by atomic mass is 16.5. The Labute approximate surface area is 193 Å². The van der Waals surface area contributed by atoms with E-state index in [1.165, 1.54) is 5.57 Å². The standard InChI is InChI=1S/C29H38O3/c1-18-14-21-16-22(30)12-13-28(21,3)27-19(2)17-29(4)23(26(18)27)10-11-24(29)32-25(31)15-20-8-6-5-7-9-20/h5-9,16,18-19,23-24,26-27H,10-15,17H2,1-4H3/t18?,19?,23?,24-,26?,27?,28-,29-/m0/s1. The Bertz CT molecular complexity index is 933. The Morgan fingerprint density at radius 2 is 1.84 bits per heavy atom. The van der Waals surface area contributed by atoms with Crippen molar-refractivity contribution in [2.24, 2.45) is 40.4 Å². The van der Waals surface area contributed by atoms with Crippen molar-refractivity contribution in [2.75, 3.05) is 0 Å². The average molecular weight is 435 g/mol. The zero-order valence-corrected chi connectivity index (χ0v) is 20.1. The van der Waals surface area contributed by atoms with Crippen molar-refractivity contribution in [3.63, 3.8) is 0 Å². The Kier molecular flexibility index (Phi) is 5.38. The first kappa shape index (κ1) is 21.9. The monoisotopic (exact) mass is 434 g/mol. The maximum Gasteiger partial charge on any atom is 0.310 e. The van der Waals surface area contributed by atoms with Gasteiger partial charge in [-0.25, -0.2) is 0 Å². The molecule has 0 radical (unpaired) electrons. The normalized spacial score (nSPS) is 43.0. The average Bonchev–Trinajstić information content (AvgIpc) is 3.05. The molecule has 0 aliphatic heterocycles. The first-order chi connectivity index (χ1) is 15.2. The molecule has 4 aliphatic rings. The third kappa shape index (κ3) is 3.38. The molecule has 5 unspecified atom stereocenters. The molecule has 172 valence electrons. The van der Waals surface area contributed by atoms with E-state index in [0.717, 1.165) is 37.7 Å². The molecule has 0 aromatic heterocycles. The fraction of sp³-hybridized carbons (Fsp3) is 0.655. The highest BCUT2D eigenvalue weighted by Gasteiger charge is 2.63. The number of ketones is 1. The predicted octanol–water partition coefficient (Wildman–Crippen LogP) is 6.16. The van der Waals surface area contributed by atoms with Crippen molar-refractivity contribution >= 4 is 11.8 Å². The van der Waals surface area contributed by atoms with Crippen LogP contribution >= 0.6 is 0 Å². The van der Waals surface area contributed by atoms with Gasteiger partial charge in [0.25, 0.3) is 0 Å². The van der Waals surface area contributed by atoms with E-state index in [-0.39, 0.29) is 22.9 Å². The van der Waals surface area contributed by atoms with Gasteiger partial charge in [-0.3, -0.25) is 9.59 Å². The number of allylic oxidation sites excluding steroid dienone is 1. The summed E-state index contributed by atoms with van der Waals surface area (Å²) in [7, 11) is 0. The summed E-state index contributed by atoms with van der Waals surface area (Å²) in [5.41, 5.74) is 2.66. The molecular weight excluding hydrogens is 396 g/mol. The fourth-order valence-electron chi connectivity index (χ4n) is 8.68. The molecule has 0 saturated heterocycles. The van der Waals surface area contributed by atoms with E-state index < -0.39 is 0 Å². The molecular formula is C29H38O3. The van der Waals surface area contributed by atoms with E-state index in [9.17, 15) is 9.59 Å². The van der Waals surface area contributed by atoms with Crippen LogP contribution in [0.5, 0.6) is 0 Å². The minimum atomic E-state index is -0.0856. The van der Waals surface area contributed by atoms with E-state index in [0.29, 0.717) is 48.2 Å². The minimum absolute atomic E-state index is 0.0250. The Morgan fingerprint density at radius 1 is 1.09 bits per heavy atom. The van der Waals surface area contributed by atoms with Crippen LogP contribution in [0, 0.1) is 40.4 Å². The van der Waals surface area contributed by atoms with Crippen LogP contribution in [-0.2, 0) is 20.7 Å². The molecule has 3 heteroatoms. The Balaban J connectivity index is 1.39. The summed E-state index contributed by atoms with van der Waals surface area (Å²) < 4.78 is 6.20. The van der Waals surface area contributed by atoms with Gasteiger partial charge in [0.05, 0.1) is 6.42 Å². The second-order valence-electron chi connectivity index (χ2n) is 11.8. The van der Waals surface area contributed by atoms with Crippen LogP contribution in [-0.4, -0.2) is 17.9 Å². The number of hydrogen-bond acceptors (Lipinski definition) is 3. The lowest BCUT2D eigenvalue weighted by atomic mass is 9.43. The van der Waals surface area contributed by atoms with Crippen LogP contribution in [0.15, 0.2) is 42.0 Å². The van der Waals surface area contributed by atoms with Crippen LogP contribution in [0.3, 0.4) is 0 Å². The summed E-state index contributed by atoms with van der Waals surface area (Å²) in [5, 5.41) is 0. The second-order valence-corrected chi connectivity index (χ2v) is 11.8. The van der Waals surface area contributed by atoms with E-state index in [1.807, 2.05) is 36.4 Å². The molecule has 3 fully saturated rings. The Morgan fingerprint density at radius 3 is 2.59 bits per heavy atom. The summed E-state index contributed by atoms with van der Waals surface area (Å²) in [6.07, 6.45) is 8.41. The lowest BCUT2D eigenvalue weighted by Crippen LogP contribution is -2.57. The summed E-state index contributed by atoms with van der Waals surface area (Å²) in [6.45, 7) is 9.69. The number of carbonyl (C=O) groups is 2. The molecule has 8 atom stereocenters. The van der Waals surface area contributed by atoms with E-state index in [4.69, 9.17) is 4.74 Å². The lowest BCUT2D eigenvalue weighted by molar-refractivity contribution is -0.165. The van der Waals surface area contributed by atoms with Crippen molar-refractivity contribution in [3.8, 4) is 0 Å². The van der Waals surface area contributed by atoms with Crippen LogP contribution in [0.1, 0.15) is 71.8 Å². The maximum atomic E-state index is 12.8. The first-order valence-corrected chi connectivity index (χ1v) is 12.7. The van der Waals surface area contributed by atoms with Crippen LogP contribution in [0.4, 0.5) is 0 Å². The zero-order chi connectivity index (χ0) is 22.7. The van der Waals surface area contributed by atoms with E-state index in [2.05, 4.69) is 27.7 Å². The molecule has 1 aromatic carbocycles. The van der Waals surface area contributed by atoms with Crippen molar-refractivity contribution in [3.05, 3.63) is 47.5 Å². The highest BCUT2D eigenvalue weighted by Crippen LogP contribution is 2.68. The first-order valence-electron chi connectivity index (χ1n) is 12.7. The van der Waals surface area contributed by atoms with Gasteiger partial charge in [0.2, 0.25) is 0 Å². The van der Waals surface area contributed by atoms with Gasteiger partial charge in [-0.1, -0.05) is 63.6 Å². The number of hydrogen-bond donors (Lipinski definition) is 0. The summed E-state index contributed by atoms with van der Waals surface area (Å²) >= 11 is 0. The van der Waals surface area contributed by atoms with Gasteiger partial charge in [0, 0.05) is 11.8 Å². The number of rotatable bonds is 3. The highest BCUT2D eigenvalue weighted by molar-refractivity contribution is 5.91. The van der Waals surface area contributed by atoms with E-state index >= 15 is 0 Å². The van der Waals surface area contributed by atoms with Crippen molar-refractivity contribution < 1.29 is 14.3 Å².